The van der Waals surface area contributed by atoms with Gasteiger partial charge in [-0.1, -0.05) is 12.1 Å². The van der Waals surface area contributed by atoms with Crippen LogP contribution in [0.15, 0.2) is 46.9 Å². The SMILES string of the molecule is NC(Cc1nc2ccccc2o1)c1cc(F)ccc1F. The van der Waals surface area contributed by atoms with Gasteiger partial charge in [0.2, 0.25) is 0 Å². The first-order chi connectivity index (χ1) is 9.63. The minimum atomic E-state index is -0.709. The van der Waals surface area contributed by atoms with E-state index in [0.29, 0.717) is 11.5 Å². The van der Waals surface area contributed by atoms with Crippen molar-refractivity contribution in [3.63, 3.8) is 0 Å². The predicted molar refractivity (Wildman–Crippen MR) is 71.0 cm³/mol. The lowest BCUT2D eigenvalue weighted by Crippen LogP contribution is -2.15. The molecule has 0 saturated heterocycles. The zero-order valence-corrected chi connectivity index (χ0v) is 10.5. The molecular formula is C15H12F2N2O. The molecule has 0 fully saturated rings. The zero-order chi connectivity index (χ0) is 14.1. The number of aromatic nitrogens is 1. The highest BCUT2D eigenvalue weighted by Crippen LogP contribution is 2.22. The van der Waals surface area contributed by atoms with Gasteiger partial charge in [0.25, 0.3) is 0 Å². The van der Waals surface area contributed by atoms with Gasteiger partial charge in [-0.15, -0.1) is 0 Å². The zero-order valence-electron chi connectivity index (χ0n) is 10.5. The largest absolute Gasteiger partial charge is 0.441 e. The van der Waals surface area contributed by atoms with Crippen LogP contribution in [-0.4, -0.2) is 4.98 Å². The molecule has 2 N–H and O–H groups in total. The highest BCUT2D eigenvalue weighted by Gasteiger charge is 2.16. The lowest BCUT2D eigenvalue weighted by atomic mass is 10.0. The molecule has 0 aliphatic rings. The Morgan fingerprint density at radius 3 is 2.75 bits per heavy atom. The van der Waals surface area contributed by atoms with E-state index < -0.39 is 17.7 Å². The third kappa shape index (κ3) is 2.40. The number of hydrogen-bond acceptors (Lipinski definition) is 3. The first kappa shape index (κ1) is 12.7. The fourth-order valence-corrected chi connectivity index (χ4v) is 2.10. The summed E-state index contributed by atoms with van der Waals surface area (Å²) in [6, 6.07) is 9.81. The summed E-state index contributed by atoms with van der Waals surface area (Å²) in [5.41, 5.74) is 7.39. The topological polar surface area (TPSA) is 52.0 Å². The van der Waals surface area contributed by atoms with Crippen molar-refractivity contribution in [2.45, 2.75) is 12.5 Å². The molecule has 0 spiro atoms. The molecule has 0 saturated carbocycles. The van der Waals surface area contributed by atoms with Crippen LogP contribution in [0.1, 0.15) is 17.5 Å². The Balaban J connectivity index is 1.88. The van der Waals surface area contributed by atoms with Crippen molar-refractivity contribution in [2.75, 3.05) is 0 Å². The van der Waals surface area contributed by atoms with Gasteiger partial charge in [-0.05, 0) is 30.3 Å². The van der Waals surface area contributed by atoms with Gasteiger partial charge in [-0.3, -0.25) is 0 Å². The van der Waals surface area contributed by atoms with Crippen molar-refractivity contribution in [3.8, 4) is 0 Å². The molecule has 1 unspecified atom stereocenters. The molecule has 5 heteroatoms. The van der Waals surface area contributed by atoms with Crippen LogP contribution in [-0.2, 0) is 6.42 Å². The maximum absolute atomic E-state index is 13.6. The van der Waals surface area contributed by atoms with E-state index in [1.807, 2.05) is 18.2 Å². The first-order valence-electron chi connectivity index (χ1n) is 6.18. The van der Waals surface area contributed by atoms with Gasteiger partial charge in [0.15, 0.2) is 11.5 Å². The monoisotopic (exact) mass is 274 g/mol. The molecule has 2 aromatic carbocycles. The second-order valence-electron chi connectivity index (χ2n) is 4.55. The summed E-state index contributed by atoms with van der Waals surface area (Å²) >= 11 is 0. The molecule has 3 nitrogen and oxygen atoms in total. The van der Waals surface area contributed by atoms with E-state index in [2.05, 4.69) is 4.98 Å². The number of benzene rings is 2. The van der Waals surface area contributed by atoms with Crippen molar-refractivity contribution in [2.24, 2.45) is 5.73 Å². The van der Waals surface area contributed by atoms with Crippen molar-refractivity contribution in [3.05, 3.63) is 65.6 Å². The van der Waals surface area contributed by atoms with Gasteiger partial charge in [0.05, 0.1) is 0 Å². The smallest absolute Gasteiger partial charge is 0.197 e. The Hall–Kier alpha value is -2.27. The number of para-hydroxylation sites is 2. The standard InChI is InChI=1S/C15H12F2N2O/c16-9-5-6-11(17)10(7-9)12(18)8-15-19-13-3-1-2-4-14(13)20-15/h1-7,12H,8,18H2. The molecule has 1 atom stereocenters. The van der Waals surface area contributed by atoms with Crippen LogP contribution >= 0.6 is 0 Å². The van der Waals surface area contributed by atoms with Gasteiger partial charge in [-0.2, -0.15) is 0 Å². The van der Waals surface area contributed by atoms with Crippen molar-refractivity contribution in [1.82, 2.24) is 4.98 Å². The van der Waals surface area contributed by atoms with Crippen LogP contribution in [0, 0.1) is 11.6 Å². The van der Waals surface area contributed by atoms with Crippen molar-refractivity contribution < 1.29 is 13.2 Å². The Bertz CT molecular complexity index is 721. The van der Waals surface area contributed by atoms with Crippen LogP contribution in [0.25, 0.3) is 11.1 Å². The highest BCUT2D eigenvalue weighted by molar-refractivity contribution is 5.72. The van der Waals surface area contributed by atoms with Gasteiger partial charge in [0, 0.05) is 18.0 Å². The third-order valence-corrected chi connectivity index (χ3v) is 3.09. The molecule has 0 amide bonds. The van der Waals surface area contributed by atoms with E-state index in [9.17, 15) is 8.78 Å². The van der Waals surface area contributed by atoms with E-state index in [1.54, 1.807) is 6.07 Å². The number of halogens is 2. The molecule has 3 aromatic rings. The number of nitrogens with zero attached hydrogens (tertiary/aromatic N) is 1. The maximum Gasteiger partial charge on any atom is 0.197 e. The van der Waals surface area contributed by atoms with Crippen molar-refractivity contribution >= 4 is 11.1 Å². The van der Waals surface area contributed by atoms with E-state index in [0.717, 1.165) is 23.7 Å². The van der Waals surface area contributed by atoms with Crippen molar-refractivity contribution in [1.29, 1.82) is 0 Å². The van der Waals surface area contributed by atoms with E-state index >= 15 is 0 Å². The van der Waals surface area contributed by atoms with Gasteiger partial charge in [0.1, 0.15) is 17.2 Å². The quantitative estimate of drug-likeness (QED) is 0.796. The molecule has 0 aliphatic carbocycles. The van der Waals surface area contributed by atoms with Crippen LogP contribution in [0.3, 0.4) is 0 Å². The summed E-state index contributed by atoms with van der Waals surface area (Å²) in [4.78, 5) is 4.27. The van der Waals surface area contributed by atoms with Crippen LogP contribution in [0.2, 0.25) is 0 Å². The molecule has 0 radical (unpaired) electrons. The minimum absolute atomic E-state index is 0.118. The number of rotatable bonds is 3. The second-order valence-corrected chi connectivity index (χ2v) is 4.55. The molecule has 0 bridgehead atoms. The highest BCUT2D eigenvalue weighted by atomic mass is 19.1. The minimum Gasteiger partial charge on any atom is -0.441 e. The Morgan fingerprint density at radius 1 is 1.15 bits per heavy atom. The van der Waals surface area contributed by atoms with Crippen LogP contribution < -0.4 is 5.73 Å². The summed E-state index contributed by atoms with van der Waals surface area (Å²) < 4.78 is 32.3. The lowest BCUT2D eigenvalue weighted by molar-refractivity contribution is 0.489. The summed E-state index contributed by atoms with van der Waals surface area (Å²) in [7, 11) is 0. The molecular weight excluding hydrogens is 262 g/mol. The number of hydrogen-bond donors (Lipinski definition) is 1. The predicted octanol–water partition coefficient (Wildman–Crippen LogP) is 3.35. The Kier molecular flexibility index (Phi) is 3.20. The van der Waals surface area contributed by atoms with E-state index in [-0.39, 0.29) is 12.0 Å². The molecule has 20 heavy (non-hydrogen) atoms. The molecule has 1 heterocycles. The molecule has 3 rings (SSSR count). The van der Waals surface area contributed by atoms with Crippen LogP contribution in [0.4, 0.5) is 8.78 Å². The first-order valence-corrected chi connectivity index (χ1v) is 6.18. The van der Waals surface area contributed by atoms with Crippen LogP contribution in [0.5, 0.6) is 0 Å². The third-order valence-electron chi connectivity index (χ3n) is 3.09. The molecule has 0 aliphatic heterocycles. The molecule has 1 aromatic heterocycles. The maximum atomic E-state index is 13.6. The van der Waals surface area contributed by atoms with Gasteiger partial charge < -0.3 is 10.2 Å². The number of nitrogens with two attached hydrogens (primary N) is 1. The average molecular weight is 274 g/mol. The second kappa shape index (κ2) is 5.02. The fourth-order valence-electron chi connectivity index (χ4n) is 2.10. The van der Waals surface area contributed by atoms with E-state index in [4.69, 9.17) is 10.2 Å². The lowest BCUT2D eigenvalue weighted by Gasteiger charge is -2.10. The average Bonchev–Trinajstić information content (AvgIpc) is 2.83. The summed E-state index contributed by atoms with van der Waals surface area (Å²) in [5.74, 6) is -0.646. The summed E-state index contributed by atoms with van der Waals surface area (Å²) in [6.45, 7) is 0. The number of fused-ring (bicyclic) bond motifs is 1. The van der Waals surface area contributed by atoms with Gasteiger partial charge in [-0.25, -0.2) is 13.8 Å². The fraction of sp³-hybridized carbons (Fsp3) is 0.133. The van der Waals surface area contributed by atoms with Gasteiger partial charge >= 0.3 is 0 Å². The summed E-state index contributed by atoms with van der Waals surface area (Å²) in [6.07, 6.45) is 0.203. The Morgan fingerprint density at radius 2 is 1.95 bits per heavy atom. The Labute approximate surface area is 114 Å². The number of oxazole rings is 1. The summed E-state index contributed by atoms with van der Waals surface area (Å²) in [5, 5.41) is 0. The molecule has 102 valence electrons. The van der Waals surface area contributed by atoms with E-state index in [1.165, 1.54) is 0 Å². The normalized spacial score (nSPS) is 12.8.